The van der Waals surface area contributed by atoms with Gasteiger partial charge in [-0.2, -0.15) is 4.98 Å². The number of amides is 2. The highest BCUT2D eigenvalue weighted by molar-refractivity contribution is 6.10. The molecule has 0 spiro atoms. The highest BCUT2D eigenvalue weighted by atomic mass is 16.5. The van der Waals surface area contributed by atoms with Crippen molar-refractivity contribution in [3.63, 3.8) is 0 Å². The lowest BCUT2D eigenvalue weighted by Crippen LogP contribution is -2.46. The van der Waals surface area contributed by atoms with Gasteiger partial charge in [0.05, 0.1) is 5.54 Å². The number of benzene rings is 1. The molecule has 27 heavy (non-hydrogen) atoms. The molecule has 0 bridgehead atoms. The highest BCUT2D eigenvalue weighted by Gasteiger charge is 2.35. The summed E-state index contributed by atoms with van der Waals surface area (Å²) >= 11 is 0. The van der Waals surface area contributed by atoms with Gasteiger partial charge in [-0.1, -0.05) is 50.7 Å². The van der Waals surface area contributed by atoms with Gasteiger partial charge >= 0.3 is 0 Å². The largest absolute Gasteiger partial charge is 0.342 e. The Labute approximate surface area is 158 Å². The molecule has 0 atom stereocenters. The first-order valence-electron chi connectivity index (χ1n) is 8.76. The predicted molar refractivity (Wildman–Crippen MR) is 101 cm³/mol. The molecule has 1 aliphatic heterocycles. The number of aromatic nitrogens is 2. The molecule has 1 aliphatic rings. The summed E-state index contributed by atoms with van der Waals surface area (Å²) in [5, 5.41) is 6.88. The molecule has 0 saturated carbocycles. The maximum atomic E-state index is 12.6. The summed E-state index contributed by atoms with van der Waals surface area (Å²) in [6.45, 7) is 13.3. The summed E-state index contributed by atoms with van der Waals surface area (Å²) in [6, 6.07) is 7.19. The molecule has 7 nitrogen and oxygen atoms in total. The van der Waals surface area contributed by atoms with Gasteiger partial charge in [0.2, 0.25) is 11.8 Å². The highest BCUT2D eigenvalue weighted by Crippen LogP contribution is 2.31. The molecule has 2 heterocycles. The number of nitrogens with one attached hydrogen (secondary N) is 1. The Bertz CT molecular complexity index is 886. The average Bonchev–Trinajstić information content (AvgIpc) is 3.16. The Morgan fingerprint density at radius 1 is 1.19 bits per heavy atom. The first kappa shape index (κ1) is 18.8. The van der Waals surface area contributed by atoms with Crippen molar-refractivity contribution in [2.75, 3.05) is 6.54 Å². The fourth-order valence-corrected chi connectivity index (χ4v) is 2.87. The molecule has 7 heteroatoms. The van der Waals surface area contributed by atoms with E-state index in [0.717, 1.165) is 5.56 Å². The molecular weight excluding hydrogens is 344 g/mol. The Hall–Kier alpha value is -2.96. The van der Waals surface area contributed by atoms with Gasteiger partial charge in [-0.25, -0.2) is 0 Å². The van der Waals surface area contributed by atoms with E-state index in [1.807, 2.05) is 32.9 Å². The second-order valence-electron chi connectivity index (χ2n) is 8.23. The lowest BCUT2D eigenvalue weighted by Gasteiger charge is -2.25. The number of nitrogens with zero attached hydrogens (tertiary/aromatic N) is 3. The van der Waals surface area contributed by atoms with Crippen molar-refractivity contribution >= 4 is 17.5 Å². The van der Waals surface area contributed by atoms with E-state index in [1.54, 1.807) is 26.0 Å². The SMILES string of the molecule is C=C1c2ccccc2C(=O)N1CC(=O)NC(C)(C)c1noc(C(C)(C)C)n1. The van der Waals surface area contributed by atoms with Crippen LogP contribution in [0.4, 0.5) is 0 Å². The Balaban J connectivity index is 1.71. The number of hydrogen-bond donors (Lipinski definition) is 1. The first-order valence-corrected chi connectivity index (χ1v) is 8.76. The van der Waals surface area contributed by atoms with E-state index in [9.17, 15) is 9.59 Å². The van der Waals surface area contributed by atoms with Crippen LogP contribution in [0, 0.1) is 0 Å². The summed E-state index contributed by atoms with van der Waals surface area (Å²) in [4.78, 5) is 30.9. The van der Waals surface area contributed by atoms with Crippen LogP contribution in [-0.4, -0.2) is 33.4 Å². The zero-order chi connectivity index (χ0) is 20.0. The minimum atomic E-state index is -0.846. The first-order chi connectivity index (χ1) is 12.5. The van der Waals surface area contributed by atoms with Gasteiger partial charge in [0.25, 0.3) is 5.91 Å². The van der Waals surface area contributed by atoms with Gasteiger partial charge in [0.15, 0.2) is 5.82 Å². The van der Waals surface area contributed by atoms with E-state index in [0.29, 0.717) is 23.0 Å². The van der Waals surface area contributed by atoms with Gasteiger partial charge in [-0.05, 0) is 19.9 Å². The maximum absolute atomic E-state index is 12.6. The van der Waals surface area contributed by atoms with Crippen molar-refractivity contribution in [1.82, 2.24) is 20.4 Å². The Morgan fingerprint density at radius 2 is 1.81 bits per heavy atom. The molecule has 3 rings (SSSR count). The topological polar surface area (TPSA) is 88.3 Å². The Morgan fingerprint density at radius 3 is 2.37 bits per heavy atom. The average molecular weight is 368 g/mol. The van der Waals surface area contributed by atoms with Crippen molar-refractivity contribution in [3.05, 3.63) is 53.7 Å². The number of carbonyl (C=O) groups is 2. The molecule has 0 saturated heterocycles. The fourth-order valence-electron chi connectivity index (χ4n) is 2.87. The van der Waals surface area contributed by atoms with Crippen LogP contribution in [0.3, 0.4) is 0 Å². The van der Waals surface area contributed by atoms with Gasteiger partial charge in [0, 0.05) is 22.2 Å². The van der Waals surface area contributed by atoms with Gasteiger partial charge < -0.3 is 9.84 Å². The van der Waals surface area contributed by atoms with Crippen LogP contribution in [-0.2, 0) is 15.7 Å². The van der Waals surface area contributed by atoms with Crippen LogP contribution < -0.4 is 5.32 Å². The van der Waals surface area contributed by atoms with Crippen molar-refractivity contribution in [3.8, 4) is 0 Å². The fraction of sp³-hybridized carbons (Fsp3) is 0.400. The van der Waals surface area contributed by atoms with E-state index in [2.05, 4.69) is 22.0 Å². The monoisotopic (exact) mass is 368 g/mol. The van der Waals surface area contributed by atoms with Crippen molar-refractivity contribution in [1.29, 1.82) is 0 Å². The predicted octanol–water partition coefficient (Wildman–Crippen LogP) is 2.85. The third-order valence-electron chi connectivity index (χ3n) is 4.42. The molecule has 0 fully saturated rings. The van der Waals surface area contributed by atoms with E-state index >= 15 is 0 Å². The van der Waals surface area contributed by atoms with Gasteiger partial charge in [0.1, 0.15) is 6.54 Å². The normalized spacial score (nSPS) is 14.5. The van der Waals surface area contributed by atoms with E-state index in [4.69, 9.17) is 4.52 Å². The lowest BCUT2D eigenvalue weighted by molar-refractivity contribution is -0.123. The smallest absolute Gasteiger partial charge is 0.259 e. The number of fused-ring (bicyclic) bond motifs is 1. The number of rotatable bonds is 4. The van der Waals surface area contributed by atoms with Crippen molar-refractivity contribution in [2.45, 2.75) is 45.6 Å². The molecule has 2 amide bonds. The molecule has 1 aromatic carbocycles. The summed E-state index contributed by atoms with van der Waals surface area (Å²) in [5.41, 5.74) is 0.709. The van der Waals surface area contributed by atoms with Crippen LogP contribution in [0.1, 0.15) is 62.3 Å². The molecular formula is C20H24N4O3. The molecule has 1 aromatic heterocycles. The van der Waals surface area contributed by atoms with Gasteiger partial charge in [-0.15, -0.1) is 0 Å². The van der Waals surface area contributed by atoms with Crippen LogP contribution in [0.15, 0.2) is 35.4 Å². The third-order valence-corrected chi connectivity index (χ3v) is 4.42. The van der Waals surface area contributed by atoms with Gasteiger partial charge in [-0.3, -0.25) is 14.5 Å². The summed E-state index contributed by atoms with van der Waals surface area (Å²) in [7, 11) is 0. The van der Waals surface area contributed by atoms with E-state index < -0.39 is 5.54 Å². The lowest BCUT2D eigenvalue weighted by atomic mass is 9.97. The molecule has 2 aromatic rings. The van der Waals surface area contributed by atoms with Crippen LogP contribution in [0.2, 0.25) is 0 Å². The number of hydrogen-bond acceptors (Lipinski definition) is 5. The standard InChI is InChI=1S/C20H24N4O3/c1-12-13-9-7-8-10-14(13)16(26)24(12)11-15(25)22-20(5,6)17-21-18(27-23-17)19(2,3)4/h7-10H,1,11H2,2-6H3,(H,22,25). The molecule has 142 valence electrons. The maximum Gasteiger partial charge on any atom is 0.259 e. The van der Waals surface area contributed by atoms with E-state index in [1.165, 1.54) is 4.90 Å². The minimum Gasteiger partial charge on any atom is -0.342 e. The molecule has 1 N–H and O–H groups in total. The third kappa shape index (κ3) is 3.49. The molecule has 0 unspecified atom stereocenters. The van der Waals surface area contributed by atoms with Crippen LogP contribution >= 0.6 is 0 Å². The summed E-state index contributed by atoms with van der Waals surface area (Å²) < 4.78 is 5.32. The molecule has 0 radical (unpaired) electrons. The summed E-state index contributed by atoms with van der Waals surface area (Å²) in [5.74, 6) is 0.330. The van der Waals surface area contributed by atoms with Crippen LogP contribution in [0.5, 0.6) is 0 Å². The second kappa shape index (κ2) is 6.33. The second-order valence-corrected chi connectivity index (χ2v) is 8.23. The van der Waals surface area contributed by atoms with Crippen LogP contribution in [0.25, 0.3) is 5.70 Å². The quantitative estimate of drug-likeness (QED) is 0.896. The minimum absolute atomic E-state index is 0.125. The molecule has 0 aliphatic carbocycles. The number of carbonyl (C=O) groups excluding carboxylic acids is 2. The summed E-state index contributed by atoms with van der Waals surface area (Å²) in [6.07, 6.45) is 0. The van der Waals surface area contributed by atoms with Crippen molar-refractivity contribution < 1.29 is 14.1 Å². The van der Waals surface area contributed by atoms with Crippen molar-refractivity contribution in [2.24, 2.45) is 0 Å². The zero-order valence-corrected chi connectivity index (χ0v) is 16.3. The van der Waals surface area contributed by atoms with E-state index in [-0.39, 0.29) is 23.8 Å². The Kier molecular flexibility index (Phi) is 4.41. The zero-order valence-electron chi connectivity index (χ0n) is 16.3.